The Hall–Kier alpha value is -0.760. The van der Waals surface area contributed by atoms with Crippen molar-refractivity contribution < 1.29 is 4.42 Å². The molecule has 1 unspecified atom stereocenters. The predicted molar refractivity (Wildman–Crippen MR) is 59.4 cm³/mol. The van der Waals surface area contributed by atoms with Crippen LogP contribution in [-0.4, -0.2) is 13.1 Å². The predicted octanol–water partition coefficient (Wildman–Crippen LogP) is 2.85. The molecule has 2 nitrogen and oxygen atoms in total. The third-order valence-corrected chi connectivity index (χ3v) is 2.87. The summed E-state index contributed by atoms with van der Waals surface area (Å²) in [6, 6.07) is 2.06. The van der Waals surface area contributed by atoms with Crippen LogP contribution in [0.4, 0.5) is 0 Å². The van der Waals surface area contributed by atoms with Crippen molar-refractivity contribution in [3.63, 3.8) is 0 Å². The minimum Gasteiger partial charge on any atom is -0.472 e. The molecular weight excluding hydrogens is 174 g/mol. The zero-order valence-electron chi connectivity index (χ0n) is 9.47. The molecule has 0 aliphatic carbocycles. The molecule has 14 heavy (non-hydrogen) atoms. The molecule has 0 aliphatic heterocycles. The third kappa shape index (κ3) is 3.18. The van der Waals surface area contributed by atoms with Gasteiger partial charge in [-0.1, -0.05) is 20.8 Å². The summed E-state index contributed by atoms with van der Waals surface area (Å²) in [5, 5.41) is 3.42. The molecule has 0 aliphatic rings. The van der Waals surface area contributed by atoms with Crippen LogP contribution in [0.2, 0.25) is 0 Å². The van der Waals surface area contributed by atoms with E-state index in [-0.39, 0.29) is 0 Å². The smallest absolute Gasteiger partial charge is 0.0934 e. The van der Waals surface area contributed by atoms with Crippen molar-refractivity contribution in [3.8, 4) is 0 Å². The lowest BCUT2D eigenvalue weighted by Gasteiger charge is -2.28. The van der Waals surface area contributed by atoms with E-state index in [1.54, 1.807) is 6.26 Å². The molecule has 1 aromatic rings. The fourth-order valence-corrected chi connectivity index (χ4v) is 1.63. The molecule has 80 valence electrons. The van der Waals surface area contributed by atoms with Crippen molar-refractivity contribution in [2.24, 2.45) is 5.41 Å². The van der Waals surface area contributed by atoms with Gasteiger partial charge in [-0.2, -0.15) is 0 Å². The molecule has 0 amide bonds. The minimum atomic E-state index is 0.347. The fourth-order valence-electron chi connectivity index (χ4n) is 1.63. The van der Waals surface area contributed by atoms with Gasteiger partial charge in [0, 0.05) is 6.54 Å². The largest absolute Gasteiger partial charge is 0.472 e. The highest BCUT2D eigenvalue weighted by Crippen LogP contribution is 2.25. The lowest BCUT2D eigenvalue weighted by atomic mass is 9.82. The monoisotopic (exact) mass is 195 g/mol. The van der Waals surface area contributed by atoms with Crippen molar-refractivity contribution >= 4 is 0 Å². The summed E-state index contributed by atoms with van der Waals surface area (Å²) in [6.45, 7) is 8.83. The Morgan fingerprint density at radius 2 is 2.21 bits per heavy atom. The molecule has 0 radical (unpaired) electrons. The maximum atomic E-state index is 5.09. The molecule has 0 spiro atoms. The maximum absolute atomic E-state index is 5.09. The van der Waals surface area contributed by atoms with Gasteiger partial charge >= 0.3 is 0 Å². The van der Waals surface area contributed by atoms with Gasteiger partial charge in [-0.25, -0.2) is 0 Å². The van der Waals surface area contributed by atoms with Gasteiger partial charge in [-0.05, 0) is 36.4 Å². The summed E-state index contributed by atoms with van der Waals surface area (Å²) in [4.78, 5) is 0. The molecule has 0 bridgehead atoms. The quantitative estimate of drug-likeness (QED) is 0.755. The first kappa shape index (κ1) is 11.3. The summed E-state index contributed by atoms with van der Waals surface area (Å²) < 4.78 is 5.09. The number of furan rings is 1. The number of hydrogen-bond acceptors (Lipinski definition) is 2. The first-order valence-electron chi connectivity index (χ1n) is 5.42. The van der Waals surface area contributed by atoms with Gasteiger partial charge in [0.15, 0.2) is 0 Å². The number of rotatable bonds is 6. The Bertz CT molecular complexity index is 243. The van der Waals surface area contributed by atoms with Gasteiger partial charge in [-0.3, -0.25) is 0 Å². The normalized spacial score (nSPS) is 15.4. The van der Waals surface area contributed by atoms with Crippen molar-refractivity contribution in [2.75, 3.05) is 13.1 Å². The Labute approximate surface area is 86.7 Å². The lowest BCUT2D eigenvalue weighted by Crippen LogP contribution is -2.33. The van der Waals surface area contributed by atoms with E-state index < -0.39 is 0 Å². The van der Waals surface area contributed by atoms with Crippen LogP contribution in [0.15, 0.2) is 23.0 Å². The van der Waals surface area contributed by atoms with Crippen molar-refractivity contribution in [3.05, 3.63) is 24.2 Å². The van der Waals surface area contributed by atoms with Crippen LogP contribution in [0.25, 0.3) is 0 Å². The summed E-state index contributed by atoms with van der Waals surface area (Å²) in [5.41, 5.74) is 1.65. The molecule has 1 N–H and O–H groups in total. The van der Waals surface area contributed by atoms with Gasteiger partial charge in [0.05, 0.1) is 12.5 Å². The molecule has 2 heteroatoms. The van der Waals surface area contributed by atoms with Crippen LogP contribution in [0, 0.1) is 5.41 Å². The highest BCUT2D eigenvalue weighted by Gasteiger charge is 2.22. The molecule has 0 aromatic carbocycles. The van der Waals surface area contributed by atoms with Crippen molar-refractivity contribution in [1.29, 1.82) is 0 Å². The second-order valence-corrected chi connectivity index (χ2v) is 4.25. The Morgan fingerprint density at radius 1 is 1.43 bits per heavy atom. The Morgan fingerprint density at radius 3 is 2.71 bits per heavy atom. The van der Waals surface area contributed by atoms with E-state index in [1.165, 1.54) is 12.0 Å². The van der Waals surface area contributed by atoms with E-state index in [9.17, 15) is 0 Å². The van der Waals surface area contributed by atoms with Gasteiger partial charge in [-0.15, -0.1) is 0 Å². The van der Waals surface area contributed by atoms with E-state index in [0.29, 0.717) is 5.41 Å². The van der Waals surface area contributed by atoms with Gasteiger partial charge in [0.1, 0.15) is 0 Å². The van der Waals surface area contributed by atoms with Gasteiger partial charge in [0.25, 0.3) is 0 Å². The Kier molecular flexibility index (Phi) is 4.21. The van der Waals surface area contributed by atoms with Crippen LogP contribution in [-0.2, 0) is 6.42 Å². The highest BCUT2D eigenvalue weighted by molar-refractivity contribution is 5.08. The minimum absolute atomic E-state index is 0.347. The van der Waals surface area contributed by atoms with E-state index >= 15 is 0 Å². The topological polar surface area (TPSA) is 25.2 Å². The van der Waals surface area contributed by atoms with Gasteiger partial charge in [0.2, 0.25) is 0 Å². The molecule has 0 saturated carbocycles. The number of nitrogens with one attached hydrogen (secondary N) is 1. The van der Waals surface area contributed by atoms with Crippen LogP contribution < -0.4 is 5.32 Å². The fraction of sp³-hybridized carbons (Fsp3) is 0.667. The molecule has 0 fully saturated rings. The summed E-state index contributed by atoms with van der Waals surface area (Å²) in [6.07, 6.45) is 5.87. The summed E-state index contributed by atoms with van der Waals surface area (Å²) in [5.74, 6) is 0. The third-order valence-electron chi connectivity index (χ3n) is 2.87. The standard InChI is InChI=1S/C12H21NO/c1-4-12(3,10-13-5-2)8-11-6-7-14-9-11/h6-7,9,13H,4-5,8,10H2,1-3H3. The molecular formula is C12H21NO. The van der Waals surface area contributed by atoms with Crippen molar-refractivity contribution in [2.45, 2.75) is 33.6 Å². The maximum Gasteiger partial charge on any atom is 0.0934 e. The highest BCUT2D eigenvalue weighted by atomic mass is 16.3. The zero-order chi connectivity index (χ0) is 10.4. The molecule has 1 atom stereocenters. The molecule has 1 aromatic heterocycles. The van der Waals surface area contributed by atoms with Crippen LogP contribution in [0.1, 0.15) is 32.8 Å². The first-order valence-corrected chi connectivity index (χ1v) is 5.42. The second-order valence-electron chi connectivity index (χ2n) is 4.25. The molecule has 0 saturated heterocycles. The molecule has 1 heterocycles. The Balaban J connectivity index is 2.52. The summed E-state index contributed by atoms with van der Waals surface area (Å²) >= 11 is 0. The van der Waals surface area contributed by atoms with E-state index in [2.05, 4.69) is 32.2 Å². The SMILES string of the molecule is CCNCC(C)(CC)Cc1ccoc1. The number of hydrogen-bond donors (Lipinski definition) is 1. The van der Waals surface area contributed by atoms with Crippen LogP contribution in [0.3, 0.4) is 0 Å². The van der Waals surface area contributed by atoms with E-state index in [4.69, 9.17) is 4.42 Å². The average molecular weight is 195 g/mol. The average Bonchev–Trinajstić information content (AvgIpc) is 2.67. The van der Waals surface area contributed by atoms with E-state index in [0.717, 1.165) is 19.5 Å². The van der Waals surface area contributed by atoms with Crippen molar-refractivity contribution in [1.82, 2.24) is 5.32 Å². The van der Waals surface area contributed by atoms with Gasteiger partial charge < -0.3 is 9.73 Å². The molecule has 1 rings (SSSR count). The summed E-state index contributed by atoms with van der Waals surface area (Å²) in [7, 11) is 0. The second kappa shape index (κ2) is 5.20. The first-order chi connectivity index (χ1) is 6.70. The lowest BCUT2D eigenvalue weighted by molar-refractivity contribution is 0.292. The van der Waals surface area contributed by atoms with E-state index in [1.807, 2.05) is 6.26 Å². The zero-order valence-corrected chi connectivity index (χ0v) is 9.47. The van der Waals surface area contributed by atoms with Crippen LogP contribution in [0.5, 0.6) is 0 Å². The van der Waals surface area contributed by atoms with Crippen LogP contribution >= 0.6 is 0 Å².